The van der Waals surface area contributed by atoms with Gasteiger partial charge in [-0.3, -0.25) is 0 Å². The molecule has 2 aliphatic rings. The maximum atomic E-state index is 2.39. The van der Waals surface area contributed by atoms with Gasteiger partial charge in [0.2, 0.25) is 0 Å². The van der Waals surface area contributed by atoms with E-state index in [1.165, 1.54) is 65.4 Å². The molecule has 0 saturated carbocycles. The molecule has 2 atom stereocenters. The summed E-state index contributed by atoms with van der Waals surface area (Å²) in [6.07, 6.45) is 6.93. The average molecular weight is 682 g/mol. The monoisotopic (exact) mass is 681 g/mol. The van der Waals surface area contributed by atoms with Crippen LogP contribution in [0.1, 0.15) is 17.0 Å². The molecule has 0 fully saturated rings. The molecule has 0 radical (unpaired) electrons. The second kappa shape index (κ2) is 12.9. The predicted molar refractivity (Wildman–Crippen MR) is 223 cm³/mol. The van der Waals surface area contributed by atoms with Gasteiger partial charge < -0.3 is 4.90 Å². The van der Waals surface area contributed by atoms with Gasteiger partial charge in [0.15, 0.2) is 0 Å². The fraction of sp³-hybridized carbons (Fsp3) is 0.0400. The lowest BCUT2D eigenvalue weighted by Gasteiger charge is -2.28. The fourth-order valence-corrected chi connectivity index (χ4v) is 9.40. The summed E-state index contributed by atoms with van der Waals surface area (Å²) in [5.74, 6) is 0.357. The second-order valence-electron chi connectivity index (χ2n) is 13.7. The molecule has 10 rings (SSSR count). The zero-order chi connectivity index (χ0) is 34.4. The summed E-state index contributed by atoms with van der Waals surface area (Å²) in [5, 5.41) is 5.38. The largest absolute Gasteiger partial charge is 0.310 e. The summed E-state index contributed by atoms with van der Waals surface area (Å²) in [7, 11) is 0. The van der Waals surface area contributed by atoms with Crippen LogP contribution < -0.4 is 4.90 Å². The van der Waals surface area contributed by atoms with Crippen LogP contribution in [-0.4, -0.2) is 5.25 Å². The van der Waals surface area contributed by atoms with Crippen LogP contribution in [0.15, 0.2) is 205 Å². The Morgan fingerprint density at radius 2 is 0.962 bits per heavy atom. The first-order valence-corrected chi connectivity index (χ1v) is 18.9. The van der Waals surface area contributed by atoms with Crippen molar-refractivity contribution in [1.82, 2.24) is 0 Å². The van der Waals surface area contributed by atoms with Crippen LogP contribution in [0.5, 0.6) is 0 Å². The van der Waals surface area contributed by atoms with Gasteiger partial charge in [-0.25, -0.2) is 0 Å². The van der Waals surface area contributed by atoms with Crippen LogP contribution >= 0.6 is 11.8 Å². The van der Waals surface area contributed by atoms with E-state index in [0.717, 1.165) is 17.1 Å². The van der Waals surface area contributed by atoms with Crippen LogP contribution in [0.2, 0.25) is 0 Å². The highest BCUT2D eigenvalue weighted by Gasteiger charge is 2.36. The Kier molecular flexibility index (Phi) is 7.62. The Bertz CT molecular complexity index is 2670. The quantitative estimate of drug-likeness (QED) is 0.172. The molecule has 0 bridgehead atoms. The highest BCUT2D eigenvalue weighted by atomic mass is 32.2. The van der Waals surface area contributed by atoms with Gasteiger partial charge in [0.1, 0.15) is 0 Å². The third-order valence-electron chi connectivity index (χ3n) is 10.6. The zero-order valence-electron chi connectivity index (χ0n) is 28.6. The third kappa shape index (κ3) is 5.53. The maximum absolute atomic E-state index is 2.39. The number of fused-ring (bicyclic) bond motifs is 5. The number of para-hydroxylation sites is 1. The average Bonchev–Trinajstić information content (AvgIpc) is 3.60. The van der Waals surface area contributed by atoms with Crippen LogP contribution in [0.4, 0.5) is 17.1 Å². The van der Waals surface area contributed by atoms with Crippen LogP contribution in [0.3, 0.4) is 0 Å². The summed E-state index contributed by atoms with van der Waals surface area (Å²) in [4.78, 5) is 3.78. The predicted octanol–water partition coefficient (Wildman–Crippen LogP) is 14.0. The minimum absolute atomic E-state index is 0.357. The van der Waals surface area contributed by atoms with Crippen LogP contribution in [0.25, 0.3) is 49.4 Å². The number of hydrogen-bond acceptors (Lipinski definition) is 2. The van der Waals surface area contributed by atoms with E-state index < -0.39 is 0 Å². The first kappa shape index (κ1) is 30.7. The molecule has 1 aliphatic carbocycles. The lowest BCUT2D eigenvalue weighted by molar-refractivity contribution is 0.901. The summed E-state index contributed by atoms with van der Waals surface area (Å²) in [6.45, 7) is 0. The van der Waals surface area contributed by atoms with E-state index in [2.05, 4.69) is 205 Å². The van der Waals surface area contributed by atoms with Crippen molar-refractivity contribution in [3.8, 4) is 22.3 Å². The molecule has 2 heteroatoms. The molecule has 0 aromatic heterocycles. The van der Waals surface area contributed by atoms with Crippen molar-refractivity contribution in [2.75, 3.05) is 4.90 Å². The zero-order valence-corrected chi connectivity index (χ0v) is 29.4. The summed E-state index contributed by atoms with van der Waals surface area (Å²) in [6, 6.07) is 66.6. The van der Waals surface area contributed by atoms with E-state index in [9.17, 15) is 0 Å². The maximum Gasteiger partial charge on any atom is 0.0468 e. The SMILES string of the molecule is C1=CC2Sc3ccccc3C2C(c2cccc(N(c3ccccc3)c3ccc4cc(-c5ccc6cc(-c7ccccc7)ccc6c5)ccc4c3)c2)=C1. The normalized spacial score (nSPS) is 16.0. The van der Waals surface area contributed by atoms with E-state index >= 15 is 0 Å². The van der Waals surface area contributed by atoms with Gasteiger partial charge in [-0.1, -0.05) is 140 Å². The molecule has 1 heterocycles. The minimum atomic E-state index is 0.357. The number of allylic oxidation sites excluding steroid dienone is 3. The van der Waals surface area contributed by atoms with Gasteiger partial charge in [0, 0.05) is 33.1 Å². The molecule has 1 aliphatic heterocycles. The topological polar surface area (TPSA) is 3.24 Å². The van der Waals surface area contributed by atoms with Gasteiger partial charge in [-0.2, -0.15) is 0 Å². The molecule has 0 saturated heterocycles. The van der Waals surface area contributed by atoms with Gasteiger partial charge in [-0.05, 0) is 121 Å². The van der Waals surface area contributed by atoms with Crippen molar-refractivity contribution in [3.63, 3.8) is 0 Å². The Morgan fingerprint density at radius 1 is 0.404 bits per heavy atom. The van der Waals surface area contributed by atoms with Crippen molar-refractivity contribution in [3.05, 3.63) is 211 Å². The van der Waals surface area contributed by atoms with Gasteiger partial charge in [0.25, 0.3) is 0 Å². The first-order chi connectivity index (χ1) is 25.7. The number of rotatable bonds is 6. The van der Waals surface area contributed by atoms with Crippen LogP contribution in [-0.2, 0) is 0 Å². The van der Waals surface area contributed by atoms with Crippen molar-refractivity contribution in [1.29, 1.82) is 0 Å². The molecular weight excluding hydrogens is 647 g/mol. The molecule has 2 unspecified atom stereocenters. The molecule has 8 aromatic rings. The number of anilines is 3. The van der Waals surface area contributed by atoms with Crippen molar-refractivity contribution >= 4 is 55.9 Å². The Labute approximate surface area is 309 Å². The molecule has 1 nitrogen and oxygen atoms in total. The Morgan fingerprint density at radius 3 is 1.69 bits per heavy atom. The van der Waals surface area contributed by atoms with Crippen LogP contribution in [0, 0.1) is 0 Å². The molecule has 8 aromatic carbocycles. The summed E-state index contributed by atoms with van der Waals surface area (Å²) in [5.41, 5.74) is 12.5. The fourth-order valence-electron chi connectivity index (χ4n) is 8.02. The first-order valence-electron chi connectivity index (χ1n) is 18.0. The van der Waals surface area contributed by atoms with Crippen molar-refractivity contribution < 1.29 is 0 Å². The van der Waals surface area contributed by atoms with E-state index in [0.29, 0.717) is 11.2 Å². The smallest absolute Gasteiger partial charge is 0.0468 e. The number of thioether (sulfide) groups is 1. The third-order valence-corrected chi connectivity index (χ3v) is 11.9. The molecule has 0 N–H and O–H groups in total. The second-order valence-corrected chi connectivity index (χ2v) is 14.9. The van der Waals surface area contributed by atoms with Crippen molar-refractivity contribution in [2.24, 2.45) is 0 Å². The summed E-state index contributed by atoms with van der Waals surface area (Å²) >= 11 is 1.99. The molecule has 0 amide bonds. The van der Waals surface area contributed by atoms with Gasteiger partial charge in [0.05, 0.1) is 0 Å². The van der Waals surface area contributed by atoms with Crippen molar-refractivity contribution in [2.45, 2.75) is 16.1 Å². The summed E-state index contributed by atoms with van der Waals surface area (Å²) < 4.78 is 0. The van der Waals surface area contributed by atoms with Gasteiger partial charge in [-0.15, -0.1) is 11.8 Å². The van der Waals surface area contributed by atoms with E-state index in [1.807, 2.05) is 11.8 Å². The van der Waals surface area contributed by atoms with Gasteiger partial charge >= 0.3 is 0 Å². The highest BCUT2D eigenvalue weighted by Crippen LogP contribution is 2.53. The lowest BCUT2D eigenvalue weighted by atomic mass is 9.81. The Hall–Kier alpha value is -6.09. The number of nitrogens with zero attached hydrogens (tertiary/aromatic N) is 1. The molecule has 0 spiro atoms. The van der Waals surface area contributed by atoms with E-state index in [1.54, 1.807) is 0 Å². The number of benzene rings is 8. The minimum Gasteiger partial charge on any atom is -0.310 e. The molecule has 52 heavy (non-hydrogen) atoms. The van der Waals surface area contributed by atoms with E-state index in [4.69, 9.17) is 0 Å². The van der Waals surface area contributed by atoms with E-state index in [-0.39, 0.29) is 0 Å². The number of hydrogen-bond donors (Lipinski definition) is 0. The standard InChI is InChI=1S/C50H35NS/c1-3-11-34(12-4-1)35-21-22-37-30-38(24-23-36(37)29-35)39-25-26-41-32-45(28-27-40(41)31-39)51(43-14-5-2-6-15-43)44-16-9-13-42(33-44)46-18-10-20-49-50(46)47-17-7-8-19-48(47)52-49/h1-33,49-50H. The highest BCUT2D eigenvalue weighted by molar-refractivity contribution is 8.00. The Balaban J connectivity index is 0.995. The molecular formula is C50H35NS. The lowest BCUT2D eigenvalue weighted by Crippen LogP contribution is -2.14. The molecule has 246 valence electrons.